The first kappa shape index (κ1) is 19.1. The summed E-state index contributed by atoms with van der Waals surface area (Å²) in [6.45, 7) is 3.40. The van der Waals surface area contributed by atoms with Gasteiger partial charge in [0.1, 0.15) is 23.6 Å². The van der Waals surface area contributed by atoms with Crippen LogP contribution in [0.3, 0.4) is 0 Å². The van der Waals surface area contributed by atoms with Crippen LogP contribution in [0.2, 0.25) is 0 Å². The first-order valence-electron chi connectivity index (χ1n) is 9.83. The van der Waals surface area contributed by atoms with Gasteiger partial charge in [-0.25, -0.2) is 4.98 Å². The van der Waals surface area contributed by atoms with Crippen LogP contribution in [-0.4, -0.2) is 40.1 Å². The molecular formula is C22H24N4O3. The number of hydrogen-bond donors (Lipinski definition) is 1. The van der Waals surface area contributed by atoms with E-state index in [0.29, 0.717) is 47.7 Å². The number of fused-ring (bicyclic) bond motifs is 1. The number of aromatic nitrogens is 2. The van der Waals surface area contributed by atoms with Gasteiger partial charge in [-0.3, -0.25) is 14.2 Å². The van der Waals surface area contributed by atoms with Crippen LogP contribution in [0.4, 0.5) is 0 Å². The predicted molar refractivity (Wildman–Crippen MR) is 111 cm³/mol. The number of amides is 1. The summed E-state index contributed by atoms with van der Waals surface area (Å²) in [6.07, 6.45) is 1.48. The van der Waals surface area contributed by atoms with Gasteiger partial charge in [0.15, 0.2) is 0 Å². The first-order valence-corrected chi connectivity index (χ1v) is 9.83. The van der Waals surface area contributed by atoms with Crippen molar-refractivity contribution >= 4 is 16.8 Å². The van der Waals surface area contributed by atoms with E-state index >= 15 is 0 Å². The fraction of sp³-hybridized carbons (Fsp3) is 0.318. The van der Waals surface area contributed by atoms with Crippen LogP contribution >= 0.6 is 0 Å². The predicted octanol–water partition coefficient (Wildman–Crippen LogP) is 2.41. The molecule has 2 heterocycles. The van der Waals surface area contributed by atoms with Crippen molar-refractivity contribution in [1.29, 1.82) is 0 Å². The second-order valence-corrected chi connectivity index (χ2v) is 7.22. The average Bonchev–Trinajstić information content (AvgIpc) is 3.13. The van der Waals surface area contributed by atoms with Crippen LogP contribution in [0.15, 0.2) is 53.3 Å². The fourth-order valence-corrected chi connectivity index (χ4v) is 3.68. The van der Waals surface area contributed by atoms with Crippen molar-refractivity contribution in [3.05, 3.63) is 64.7 Å². The molecule has 3 aromatic rings. The number of benzene rings is 2. The molecule has 1 unspecified atom stereocenters. The number of carbonyl (C=O) groups is 1. The molecule has 0 bridgehead atoms. The molecule has 1 fully saturated rings. The smallest absolute Gasteiger partial charge is 0.269 e. The third kappa shape index (κ3) is 3.73. The Kier molecular flexibility index (Phi) is 5.31. The van der Waals surface area contributed by atoms with Crippen molar-refractivity contribution in [2.75, 3.05) is 19.7 Å². The van der Waals surface area contributed by atoms with E-state index in [9.17, 15) is 9.59 Å². The van der Waals surface area contributed by atoms with Gasteiger partial charge in [0.2, 0.25) is 5.91 Å². The molecular weight excluding hydrogens is 368 g/mol. The van der Waals surface area contributed by atoms with Gasteiger partial charge < -0.3 is 15.4 Å². The van der Waals surface area contributed by atoms with Gasteiger partial charge >= 0.3 is 0 Å². The lowest BCUT2D eigenvalue weighted by Crippen LogP contribution is -2.30. The molecule has 150 valence electrons. The molecule has 1 aromatic heterocycles. The summed E-state index contributed by atoms with van der Waals surface area (Å²) in [5.74, 6) is 1.11. The van der Waals surface area contributed by atoms with Crippen LogP contribution in [-0.2, 0) is 4.79 Å². The Morgan fingerprint density at radius 2 is 1.93 bits per heavy atom. The lowest BCUT2D eigenvalue weighted by atomic mass is 10.2. The average molecular weight is 392 g/mol. The molecule has 1 atom stereocenters. The standard InChI is InChI=1S/C22H24N4O3/c1-15(23)21-24-17-9-5-10-18(29-14-13-25-12-6-11-19(25)27)20(17)22(28)26(21)16-7-3-2-4-8-16/h2-5,7-10,15H,6,11-14,23H2,1H3. The lowest BCUT2D eigenvalue weighted by molar-refractivity contribution is -0.128. The molecule has 0 aliphatic carbocycles. The zero-order valence-electron chi connectivity index (χ0n) is 16.4. The normalized spacial score (nSPS) is 15.1. The van der Waals surface area contributed by atoms with Gasteiger partial charge in [0, 0.05) is 13.0 Å². The SMILES string of the molecule is CC(N)c1nc2cccc(OCCN3CCCC3=O)c2c(=O)n1-c1ccccc1. The monoisotopic (exact) mass is 392 g/mol. The van der Waals surface area contributed by atoms with E-state index in [1.807, 2.05) is 36.4 Å². The summed E-state index contributed by atoms with van der Waals surface area (Å²) < 4.78 is 7.47. The summed E-state index contributed by atoms with van der Waals surface area (Å²) >= 11 is 0. The molecule has 2 N–H and O–H groups in total. The van der Waals surface area contributed by atoms with Crippen molar-refractivity contribution in [2.45, 2.75) is 25.8 Å². The minimum absolute atomic E-state index is 0.154. The van der Waals surface area contributed by atoms with Crippen molar-refractivity contribution in [3.63, 3.8) is 0 Å². The number of nitrogens with two attached hydrogens (primary N) is 1. The van der Waals surface area contributed by atoms with E-state index in [-0.39, 0.29) is 11.5 Å². The van der Waals surface area contributed by atoms with E-state index in [0.717, 1.165) is 13.0 Å². The summed E-state index contributed by atoms with van der Waals surface area (Å²) in [6, 6.07) is 14.3. The molecule has 7 nitrogen and oxygen atoms in total. The van der Waals surface area contributed by atoms with Crippen LogP contribution < -0.4 is 16.0 Å². The summed E-state index contributed by atoms with van der Waals surface area (Å²) in [7, 11) is 0. The van der Waals surface area contributed by atoms with Crippen LogP contribution in [0.1, 0.15) is 31.6 Å². The fourth-order valence-electron chi connectivity index (χ4n) is 3.68. The first-order chi connectivity index (χ1) is 14.1. The number of nitrogens with zero attached hydrogens (tertiary/aromatic N) is 3. The van der Waals surface area contributed by atoms with Crippen molar-refractivity contribution < 1.29 is 9.53 Å². The minimum Gasteiger partial charge on any atom is -0.491 e. The highest BCUT2D eigenvalue weighted by molar-refractivity contribution is 5.84. The third-order valence-electron chi connectivity index (χ3n) is 5.10. The van der Waals surface area contributed by atoms with Crippen molar-refractivity contribution in [2.24, 2.45) is 5.73 Å². The largest absolute Gasteiger partial charge is 0.491 e. The van der Waals surface area contributed by atoms with Gasteiger partial charge in [0.05, 0.1) is 23.8 Å². The molecule has 0 radical (unpaired) electrons. The van der Waals surface area contributed by atoms with Gasteiger partial charge in [-0.05, 0) is 37.6 Å². The molecule has 0 saturated carbocycles. The van der Waals surface area contributed by atoms with Crippen LogP contribution in [0, 0.1) is 0 Å². The third-order valence-corrected chi connectivity index (χ3v) is 5.10. The van der Waals surface area contributed by atoms with Crippen molar-refractivity contribution in [1.82, 2.24) is 14.5 Å². The molecule has 1 amide bonds. The zero-order valence-corrected chi connectivity index (χ0v) is 16.4. The number of likely N-dealkylation sites (tertiary alicyclic amines) is 1. The maximum Gasteiger partial charge on any atom is 0.269 e. The highest BCUT2D eigenvalue weighted by Crippen LogP contribution is 2.24. The van der Waals surface area contributed by atoms with E-state index < -0.39 is 6.04 Å². The van der Waals surface area contributed by atoms with Crippen molar-refractivity contribution in [3.8, 4) is 11.4 Å². The van der Waals surface area contributed by atoms with Gasteiger partial charge in [-0.1, -0.05) is 24.3 Å². The van der Waals surface area contributed by atoms with E-state index in [2.05, 4.69) is 4.98 Å². The summed E-state index contributed by atoms with van der Waals surface area (Å²) in [4.78, 5) is 31.7. The second-order valence-electron chi connectivity index (χ2n) is 7.22. The Morgan fingerprint density at radius 3 is 2.62 bits per heavy atom. The van der Waals surface area contributed by atoms with Gasteiger partial charge in [-0.2, -0.15) is 0 Å². The molecule has 4 rings (SSSR count). The Labute approximate surface area is 168 Å². The van der Waals surface area contributed by atoms with Crippen LogP contribution in [0.25, 0.3) is 16.6 Å². The maximum atomic E-state index is 13.5. The molecule has 2 aromatic carbocycles. The van der Waals surface area contributed by atoms with E-state index in [1.165, 1.54) is 0 Å². The number of ether oxygens (including phenoxy) is 1. The quantitative estimate of drug-likeness (QED) is 0.696. The Hall–Kier alpha value is -3.19. The lowest BCUT2D eigenvalue weighted by Gasteiger charge is -2.18. The number of rotatable bonds is 6. The zero-order chi connectivity index (χ0) is 20.4. The highest BCUT2D eigenvalue weighted by Gasteiger charge is 2.21. The minimum atomic E-state index is -0.418. The Morgan fingerprint density at radius 1 is 1.14 bits per heavy atom. The molecule has 1 aliphatic rings. The van der Waals surface area contributed by atoms with Crippen LogP contribution in [0.5, 0.6) is 5.75 Å². The molecule has 1 saturated heterocycles. The topological polar surface area (TPSA) is 90.5 Å². The Balaban J connectivity index is 1.75. The van der Waals surface area contributed by atoms with Gasteiger partial charge in [0.25, 0.3) is 5.56 Å². The maximum absolute atomic E-state index is 13.5. The van der Waals surface area contributed by atoms with E-state index in [4.69, 9.17) is 10.5 Å². The van der Waals surface area contributed by atoms with E-state index in [1.54, 1.807) is 28.5 Å². The summed E-state index contributed by atoms with van der Waals surface area (Å²) in [5, 5.41) is 0.411. The molecule has 29 heavy (non-hydrogen) atoms. The summed E-state index contributed by atoms with van der Waals surface area (Å²) in [5.41, 5.74) is 7.15. The molecule has 1 aliphatic heterocycles. The Bertz CT molecular complexity index is 1090. The molecule has 0 spiro atoms. The highest BCUT2D eigenvalue weighted by atomic mass is 16.5. The number of carbonyl (C=O) groups excluding carboxylic acids is 1. The molecule has 7 heteroatoms. The van der Waals surface area contributed by atoms with Gasteiger partial charge in [-0.15, -0.1) is 0 Å². The second kappa shape index (κ2) is 8.05. The number of para-hydroxylation sites is 1. The number of hydrogen-bond acceptors (Lipinski definition) is 5.